The van der Waals surface area contributed by atoms with Gasteiger partial charge in [0, 0.05) is 0 Å². The fraction of sp³-hybridized carbons (Fsp3) is 0.933. The maximum Gasteiger partial charge on any atom is 0.335 e. The Kier molecular flexibility index (Phi) is 5.42. The van der Waals surface area contributed by atoms with Gasteiger partial charge < -0.3 is 9.47 Å². The molecule has 0 rings (SSSR count). The average Bonchev–Trinajstić information content (AvgIpc) is 1.93. The zero-order valence-corrected chi connectivity index (χ0v) is 13.5. The van der Waals surface area contributed by atoms with Gasteiger partial charge in [0.2, 0.25) is 0 Å². The summed E-state index contributed by atoms with van der Waals surface area (Å²) in [4.78, 5) is 12.2. The Morgan fingerprint density at radius 3 is 1.61 bits per heavy atom. The van der Waals surface area contributed by atoms with E-state index in [-0.39, 0.29) is 17.0 Å². The molecule has 0 aromatic heterocycles. The van der Waals surface area contributed by atoms with Crippen LogP contribution in [0.4, 0.5) is 0 Å². The molecule has 0 aliphatic carbocycles. The SMILES string of the molecule is CC(C)(C)CC(OC(C)(C)C)C(=O)OC(C)(C)C. The summed E-state index contributed by atoms with van der Waals surface area (Å²) in [5.41, 5.74) is -0.811. The lowest BCUT2D eigenvalue weighted by Crippen LogP contribution is -2.40. The summed E-state index contributed by atoms with van der Waals surface area (Å²) in [6, 6.07) is 0. The fourth-order valence-electron chi connectivity index (χ4n) is 1.52. The molecular weight excluding hydrogens is 228 g/mol. The Labute approximate surface area is 112 Å². The molecule has 0 fully saturated rings. The first-order chi connectivity index (χ1) is 7.70. The number of esters is 1. The van der Waals surface area contributed by atoms with Crippen LogP contribution in [0.3, 0.4) is 0 Å². The van der Waals surface area contributed by atoms with Crippen LogP contribution in [0.2, 0.25) is 0 Å². The number of carbonyl (C=O) groups is 1. The van der Waals surface area contributed by atoms with Crippen molar-refractivity contribution in [1.82, 2.24) is 0 Å². The second-order valence-corrected chi connectivity index (χ2v) is 8.02. The van der Waals surface area contributed by atoms with Crippen molar-refractivity contribution in [3.63, 3.8) is 0 Å². The van der Waals surface area contributed by atoms with E-state index in [9.17, 15) is 4.79 Å². The molecule has 0 aliphatic rings. The highest BCUT2D eigenvalue weighted by Gasteiger charge is 2.32. The molecule has 0 aromatic carbocycles. The van der Waals surface area contributed by atoms with Gasteiger partial charge in [-0.05, 0) is 53.4 Å². The number of hydrogen-bond acceptors (Lipinski definition) is 3. The largest absolute Gasteiger partial charge is 0.458 e. The van der Waals surface area contributed by atoms with Crippen LogP contribution in [-0.2, 0) is 14.3 Å². The average molecular weight is 258 g/mol. The topological polar surface area (TPSA) is 35.5 Å². The normalized spacial score (nSPS) is 15.4. The minimum Gasteiger partial charge on any atom is -0.458 e. The number of hydrogen-bond donors (Lipinski definition) is 0. The predicted molar refractivity (Wildman–Crippen MR) is 74.5 cm³/mol. The Hall–Kier alpha value is -0.570. The van der Waals surface area contributed by atoms with Gasteiger partial charge in [-0.3, -0.25) is 0 Å². The molecule has 3 nitrogen and oxygen atoms in total. The van der Waals surface area contributed by atoms with Gasteiger partial charge in [-0.15, -0.1) is 0 Å². The van der Waals surface area contributed by atoms with Crippen LogP contribution in [0, 0.1) is 5.41 Å². The molecule has 0 saturated heterocycles. The van der Waals surface area contributed by atoms with Crippen LogP contribution in [0.5, 0.6) is 0 Å². The van der Waals surface area contributed by atoms with E-state index in [1.54, 1.807) is 0 Å². The standard InChI is InChI=1S/C15H30O3/c1-13(2,3)10-11(17-14(4,5)6)12(16)18-15(7,8)9/h11H,10H2,1-9H3. The van der Waals surface area contributed by atoms with E-state index in [2.05, 4.69) is 20.8 Å². The molecule has 0 amide bonds. The van der Waals surface area contributed by atoms with Crippen molar-refractivity contribution < 1.29 is 14.3 Å². The van der Waals surface area contributed by atoms with Gasteiger partial charge >= 0.3 is 5.97 Å². The molecule has 0 N–H and O–H groups in total. The van der Waals surface area contributed by atoms with Crippen molar-refractivity contribution in [3.8, 4) is 0 Å². The predicted octanol–water partition coefficient (Wildman–Crippen LogP) is 3.95. The third-order valence-electron chi connectivity index (χ3n) is 1.96. The van der Waals surface area contributed by atoms with Crippen LogP contribution in [0.15, 0.2) is 0 Å². The number of rotatable bonds is 3. The number of ether oxygens (including phenoxy) is 2. The molecular formula is C15H30O3. The first-order valence-electron chi connectivity index (χ1n) is 6.60. The zero-order chi connectivity index (χ0) is 14.8. The highest BCUT2D eigenvalue weighted by atomic mass is 16.6. The Bertz CT molecular complexity index is 258. The second-order valence-electron chi connectivity index (χ2n) is 8.02. The van der Waals surface area contributed by atoms with Crippen LogP contribution in [-0.4, -0.2) is 23.3 Å². The van der Waals surface area contributed by atoms with Gasteiger partial charge in [-0.25, -0.2) is 4.79 Å². The lowest BCUT2D eigenvalue weighted by Gasteiger charge is -2.32. The molecule has 0 bridgehead atoms. The van der Waals surface area contributed by atoms with Crippen LogP contribution < -0.4 is 0 Å². The molecule has 1 atom stereocenters. The van der Waals surface area contributed by atoms with Crippen LogP contribution in [0.1, 0.15) is 68.7 Å². The van der Waals surface area contributed by atoms with E-state index in [1.807, 2.05) is 41.5 Å². The number of carbonyl (C=O) groups excluding carboxylic acids is 1. The Morgan fingerprint density at radius 1 is 0.889 bits per heavy atom. The van der Waals surface area contributed by atoms with Crippen molar-refractivity contribution >= 4 is 5.97 Å². The lowest BCUT2D eigenvalue weighted by molar-refractivity contribution is -0.180. The van der Waals surface area contributed by atoms with E-state index in [4.69, 9.17) is 9.47 Å². The fourth-order valence-corrected chi connectivity index (χ4v) is 1.52. The third kappa shape index (κ3) is 9.46. The van der Waals surface area contributed by atoms with E-state index >= 15 is 0 Å². The molecule has 0 heterocycles. The van der Waals surface area contributed by atoms with Crippen molar-refractivity contribution in [1.29, 1.82) is 0 Å². The summed E-state index contributed by atoms with van der Waals surface area (Å²) in [6.07, 6.45) is 0.142. The summed E-state index contributed by atoms with van der Waals surface area (Å²) in [6.45, 7) is 17.7. The second kappa shape index (κ2) is 5.60. The molecule has 0 radical (unpaired) electrons. The smallest absolute Gasteiger partial charge is 0.335 e. The van der Waals surface area contributed by atoms with E-state index in [0.29, 0.717) is 6.42 Å². The summed E-state index contributed by atoms with van der Waals surface area (Å²) >= 11 is 0. The Balaban J connectivity index is 4.82. The van der Waals surface area contributed by atoms with E-state index in [0.717, 1.165) is 0 Å². The Morgan fingerprint density at radius 2 is 1.33 bits per heavy atom. The summed E-state index contributed by atoms with van der Waals surface area (Å²) in [7, 11) is 0. The third-order valence-corrected chi connectivity index (χ3v) is 1.96. The minimum absolute atomic E-state index is 0.0207. The lowest BCUT2D eigenvalue weighted by atomic mass is 9.89. The highest BCUT2D eigenvalue weighted by Crippen LogP contribution is 2.27. The summed E-state index contributed by atoms with van der Waals surface area (Å²) in [5, 5.41) is 0. The molecule has 0 saturated carbocycles. The summed E-state index contributed by atoms with van der Waals surface area (Å²) in [5.74, 6) is -0.271. The first kappa shape index (κ1) is 17.4. The van der Waals surface area contributed by atoms with Gasteiger partial charge in [0.25, 0.3) is 0 Å². The van der Waals surface area contributed by atoms with Crippen molar-refractivity contribution in [2.24, 2.45) is 5.41 Å². The minimum atomic E-state index is -0.510. The maximum absolute atomic E-state index is 12.2. The van der Waals surface area contributed by atoms with Gasteiger partial charge in [0.15, 0.2) is 6.10 Å². The molecule has 108 valence electrons. The first-order valence-corrected chi connectivity index (χ1v) is 6.60. The highest BCUT2D eigenvalue weighted by molar-refractivity contribution is 5.75. The molecule has 18 heavy (non-hydrogen) atoms. The van der Waals surface area contributed by atoms with Gasteiger partial charge in [-0.1, -0.05) is 20.8 Å². The van der Waals surface area contributed by atoms with Crippen LogP contribution in [0.25, 0.3) is 0 Å². The van der Waals surface area contributed by atoms with Crippen molar-refractivity contribution in [3.05, 3.63) is 0 Å². The maximum atomic E-state index is 12.2. The molecule has 0 aliphatic heterocycles. The van der Waals surface area contributed by atoms with E-state index in [1.165, 1.54) is 0 Å². The van der Waals surface area contributed by atoms with Crippen molar-refractivity contribution in [2.45, 2.75) is 86.0 Å². The quantitative estimate of drug-likeness (QED) is 0.719. The summed E-state index contributed by atoms with van der Waals surface area (Å²) < 4.78 is 11.3. The van der Waals surface area contributed by atoms with E-state index < -0.39 is 11.7 Å². The molecule has 1 unspecified atom stereocenters. The van der Waals surface area contributed by atoms with Crippen molar-refractivity contribution in [2.75, 3.05) is 0 Å². The molecule has 0 spiro atoms. The van der Waals surface area contributed by atoms with Gasteiger partial charge in [-0.2, -0.15) is 0 Å². The van der Waals surface area contributed by atoms with Crippen LogP contribution >= 0.6 is 0 Å². The molecule has 3 heteroatoms. The van der Waals surface area contributed by atoms with Gasteiger partial charge in [0.05, 0.1) is 5.60 Å². The van der Waals surface area contributed by atoms with Gasteiger partial charge in [0.1, 0.15) is 5.60 Å². The zero-order valence-electron chi connectivity index (χ0n) is 13.5. The molecule has 0 aromatic rings. The monoisotopic (exact) mass is 258 g/mol.